The third-order valence-electron chi connectivity index (χ3n) is 2.57. The molecule has 1 aromatic rings. The van der Waals surface area contributed by atoms with Crippen molar-refractivity contribution in [1.29, 1.82) is 0 Å². The number of nitrogens with one attached hydrogen (secondary N) is 1. The Morgan fingerprint density at radius 2 is 1.81 bits per heavy atom. The van der Waals surface area contributed by atoms with Gasteiger partial charge in [-0.15, -0.1) is 0 Å². The van der Waals surface area contributed by atoms with Crippen molar-refractivity contribution in [3.8, 4) is 0 Å². The van der Waals surface area contributed by atoms with E-state index in [2.05, 4.69) is 5.32 Å². The molecule has 0 spiro atoms. The van der Waals surface area contributed by atoms with E-state index in [1.807, 2.05) is 30.3 Å². The Labute approximate surface area is 124 Å². The van der Waals surface area contributed by atoms with Crippen LogP contribution in [0.2, 0.25) is 0 Å². The maximum atomic E-state index is 11.8. The fourth-order valence-corrected chi connectivity index (χ4v) is 1.59. The number of hydrogen-bond donors (Lipinski definition) is 1. The molecule has 0 unspecified atom stereocenters. The number of hydrogen-bond acceptors (Lipinski definition) is 4. The molecule has 0 saturated carbocycles. The summed E-state index contributed by atoms with van der Waals surface area (Å²) in [5.74, 6) is -2.07. The molecule has 21 heavy (non-hydrogen) atoms. The van der Waals surface area contributed by atoms with Gasteiger partial charge in [0.15, 0.2) is 0 Å². The molecule has 6 nitrogen and oxygen atoms in total. The highest BCUT2D eigenvalue weighted by Crippen LogP contribution is 1.98. The van der Waals surface area contributed by atoms with Gasteiger partial charge < -0.3 is 15.0 Å². The summed E-state index contributed by atoms with van der Waals surface area (Å²) in [4.78, 5) is 36.0. The Balaban J connectivity index is 2.42. The Morgan fingerprint density at radius 1 is 1.19 bits per heavy atom. The Morgan fingerprint density at radius 3 is 2.38 bits per heavy atom. The fraction of sp³-hybridized carbons (Fsp3) is 0.400. The van der Waals surface area contributed by atoms with Gasteiger partial charge in [0, 0.05) is 13.6 Å². The zero-order chi connectivity index (χ0) is 15.8. The van der Waals surface area contributed by atoms with Crippen LogP contribution in [0.5, 0.6) is 0 Å². The number of carbonyl (C=O) groups excluding carboxylic acids is 3. The molecular formula is C15H20N2O4. The largest absolute Gasteiger partial charge is 0.462 e. The lowest BCUT2D eigenvalue weighted by Gasteiger charge is -2.16. The average Bonchev–Trinajstić information content (AvgIpc) is 2.44. The first kappa shape index (κ1) is 16.7. The van der Waals surface area contributed by atoms with Crippen LogP contribution in [-0.2, 0) is 25.7 Å². The van der Waals surface area contributed by atoms with Gasteiger partial charge in [0.25, 0.3) is 0 Å². The maximum absolute atomic E-state index is 11.8. The Hall–Kier alpha value is -2.37. The van der Waals surface area contributed by atoms with E-state index in [4.69, 9.17) is 4.74 Å². The lowest BCUT2D eigenvalue weighted by atomic mass is 10.2. The summed E-state index contributed by atoms with van der Waals surface area (Å²) in [6.45, 7) is 3.43. The van der Waals surface area contributed by atoms with E-state index in [0.29, 0.717) is 0 Å². The van der Waals surface area contributed by atoms with Gasteiger partial charge in [0.2, 0.25) is 0 Å². The molecule has 0 heterocycles. The Kier molecular flexibility index (Phi) is 6.39. The molecule has 1 rings (SSSR count). The number of carbonyl (C=O) groups is 3. The summed E-state index contributed by atoms with van der Waals surface area (Å²) < 4.78 is 4.92. The van der Waals surface area contributed by atoms with Crippen molar-refractivity contribution in [2.45, 2.75) is 26.5 Å². The van der Waals surface area contributed by atoms with Crippen LogP contribution >= 0.6 is 0 Å². The topological polar surface area (TPSA) is 75.7 Å². The molecule has 1 N–H and O–H groups in total. The smallest absolute Gasteiger partial charge is 0.325 e. The second kappa shape index (κ2) is 8.04. The fourth-order valence-electron chi connectivity index (χ4n) is 1.59. The predicted octanol–water partition coefficient (Wildman–Crippen LogP) is 0.713. The molecule has 114 valence electrons. The van der Waals surface area contributed by atoms with Crippen molar-refractivity contribution in [3.05, 3.63) is 35.9 Å². The molecule has 1 aromatic carbocycles. The normalized spacial score (nSPS) is 10.1. The average molecular weight is 292 g/mol. The van der Waals surface area contributed by atoms with Crippen LogP contribution in [-0.4, -0.2) is 42.4 Å². The highest BCUT2D eigenvalue weighted by Gasteiger charge is 2.21. The summed E-state index contributed by atoms with van der Waals surface area (Å²) in [6.07, 6.45) is -0.257. The predicted molar refractivity (Wildman–Crippen MR) is 77.2 cm³/mol. The lowest BCUT2D eigenvalue weighted by Crippen LogP contribution is -2.43. The molecule has 0 aliphatic rings. The van der Waals surface area contributed by atoms with E-state index >= 15 is 0 Å². The number of rotatable bonds is 5. The highest BCUT2D eigenvalue weighted by molar-refractivity contribution is 6.35. The standard InChI is InChI=1S/C15H20N2O4/c1-11(2)21-13(18)10-17(3)15(20)14(19)16-9-12-7-5-4-6-8-12/h4-8,11H,9-10H2,1-3H3,(H,16,19). The third kappa shape index (κ3) is 6.07. The monoisotopic (exact) mass is 292 g/mol. The van der Waals surface area contributed by atoms with E-state index < -0.39 is 17.8 Å². The molecule has 0 radical (unpaired) electrons. The molecule has 0 aliphatic heterocycles. The van der Waals surface area contributed by atoms with Crippen LogP contribution in [0.4, 0.5) is 0 Å². The van der Waals surface area contributed by atoms with Crippen LogP contribution in [0.15, 0.2) is 30.3 Å². The summed E-state index contributed by atoms with van der Waals surface area (Å²) in [6, 6.07) is 9.24. The van der Waals surface area contributed by atoms with E-state index in [1.54, 1.807) is 13.8 Å². The van der Waals surface area contributed by atoms with Crippen molar-refractivity contribution in [2.24, 2.45) is 0 Å². The minimum absolute atomic E-state index is 0.254. The van der Waals surface area contributed by atoms with Crippen molar-refractivity contribution < 1.29 is 19.1 Å². The lowest BCUT2D eigenvalue weighted by molar-refractivity contribution is -0.153. The number of amides is 2. The summed E-state index contributed by atoms with van der Waals surface area (Å²) in [7, 11) is 1.38. The summed E-state index contributed by atoms with van der Waals surface area (Å²) in [5.41, 5.74) is 0.889. The number of ether oxygens (including phenoxy) is 1. The van der Waals surface area contributed by atoms with Crippen molar-refractivity contribution in [1.82, 2.24) is 10.2 Å². The number of benzene rings is 1. The quantitative estimate of drug-likeness (QED) is 0.640. The van der Waals surface area contributed by atoms with Gasteiger partial charge in [0.05, 0.1) is 6.10 Å². The van der Waals surface area contributed by atoms with E-state index in [-0.39, 0.29) is 19.2 Å². The first-order valence-corrected chi connectivity index (χ1v) is 6.67. The van der Waals surface area contributed by atoms with E-state index in [0.717, 1.165) is 10.5 Å². The molecule has 0 bridgehead atoms. The second-order valence-corrected chi connectivity index (χ2v) is 4.87. The van der Waals surface area contributed by atoms with E-state index in [9.17, 15) is 14.4 Å². The molecule has 0 aliphatic carbocycles. The van der Waals surface area contributed by atoms with E-state index in [1.165, 1.54) is 7.05 Å². The van der Waals surface area contributed by atoms with Gasteiger partial charge in [-0.1, -0.05) is 30.3 Å². The van der Waals surface area contributed by atoms with Gasteiger partial charge in [-0.2, -0.15) is 0 Å². The molecular weight excluding hydrogens is 272 g/mol. The van der Waals surface area contributed by atoms with Crippen LogP contribution in [0.3, 0.4) is 0 Å². The zero-order valence-corrected chi connectivity index (χ0v) is 12.5. The van der Waals surface area contributed by atoms with Crippen molar-refractivity contribution in [2.75, 3.05) is 13.6 Å². The molecule has 0 atom stereocenters. The minimum Gasteiger partial charge on any atom is -0.462 e. The van der Waals surface area contributed by atoms with Gasteiger partial charge in [-0.05, 0) is 19.4 Å². The second-order valence-electron chi connectivity index (χ2n) is 4.87. The van der Waals surface area contributed by atoms with Crippen molar-refractivity contribution >= 4 is 17.8 Å². The highest BCUT2D eigenvalue weighted by atomic mass is 16.5. The van der Waals surface area contributed by atoms with Crippen LogP contribution in [0.1, 0.15) is 19.4 Å². The van der Waals surface area contributed by atoms with Crippen LogP contribution in [0.25, 0.3) is 0 Å². The van der Waals surface area contributed by atoms with Crippen LogP contribution < -0.4 is 5.32 Å². The zero-order valence-electron chi connectivity index (χ0n) is 12.5. The summed E-state index contributed by atoms with van der Waals surface area (Å²) >= 11 is 0. The van der Waals surface area contributed by atoms with Crippen molar-refractivity contribution in [3.63, 3.8) is 0 Å². The number of nitrogens with zero attached hydrogens (tertiary/aromatic N) is 1. The van der Waals surface area contributed by atoms with Gasteiger partial charge in [-0.3, -0.25) is 14.4 Å². The van der Waals surface area contributed by atoms with Gasteiger partial charge >= 0.3 is 17.8 Å². The summed E-state index contributed by atoms with van der Waals surface area (Å²) in [5, 5.41) is 2.51. The van der Waals surface area contributed by atoms with Gasteiger partial charge in [0.1, 0.15) is 6.54 Å². The Bertz CT molecular complexity index is 500. The minimum atomic E-state index is -0.772. The SMILES string of the molecule is CC(C)OC(=O)CN(C)C(=O)C(=O)NCc1ccccc1. The molecule has 0 saturated heterocycles. The van der Waals surface area contributed by atoms with Gasteiger partial charge in [-0.25, -0.2) is 0 Å². The first-order chi connectivity index (χ1) is 9.90. The molecule has 0 fully saturated rings. The van der Waals surface area contributed by atoms with Crippen LogP contribution in [0, 0.1) is 0 Å². The maximum Gasteiger partial charge on any atom is 0.325 e. The number of likely N-dealkylation sites (N-methyl/N-ethyl adjacent to an activating group) is 1. The number of esters is 1. The third-order valence-corrected chi connectivity index (χ3v) is 2.57. The first-order valence-electron chi connectivity index (χ1n) is 6.67. The molecule has 2 amide bonds. The molecule has 6 heteroatoms. The molecule has 0 aromatic heterocycles.